The van der Waals surface area contributed by atoms with E-state index in [0.717, 1.165) is 22.5 Å². The maximum Gasteiger partial charge on any atom is 0.434 e. The van der Waals surface area contributed by atoms with E-state index in [2.05, 4.69) is 30.7 Å². The van der Waals surface area contributed by atoms with Crippen molar-refractivity contribution < 1.29 is 13.2 Å². The van der Waals surface area contributed by atoms with Gasteiger partial charge in [0.2, 0.25) is 0 Å². The summed E-state index contributed by atoms with van der Waals surface area (Å²) in [5.41, 5.74) is -0.845. The van der Waals surface area contributed by atoms with E-state index in [-0.39, 0.29) is 24.0 Å². The molecule has 24 heavy (non-hydrogen) atoms. The number of nitrogens with zero attached hydrogens (tertiary/aromatic N) is 5. The van der Waals surface area contributed by atoms with Crippen LogP contribution in [0, 0.1) is 0 Å². The van der Waals surface area contributed by atoms with Gasteiger partial charge in [-0.15, -0.1) is 35.3 Å². The third-order valence-electron chi connectivity index (χ3n) is 2.92. The van der Waals surface area contributed by atoms with Gasteiger partial charge in [-0.1, -0.05) is 0 Å². The van der Waals surface area contributed by atoms with E-state index in [0.29, 0.717) is 30.5 Å². The Hall–Kier alpha value is -1.44. The third-order valence-corrected chi connectivity index (χ3v) is 3.82. The molecule has 0 unspecified atom stereocenters. The Morgan fingerprint density at radius 3 is 2.67 bits per heavy atom. The molecule has 0 saturated carbocycles. The van der Waals surface area contributed by atoms with Gasteiger partial charge in [-0.3, -0.25) is 9.67 Å². The molecule has 0 saturated heterocycles. The number of halogens is 4. The highest BCUT2D eigenvalue weighted by atomic mass is 127. The summed E-state index contributed by atoms with van der Waals surface area (Å²) in [6.07, 6.45) is -2.56. The average molecular weight is 475 g/mol. The van der Waals surface area contributed by atoms with Crippen LogP contribution in [-0.2, 0) is 26.2 Å². The summed E-state index contributed by atoms with van der Waals surface area (Å²) >= 11 is 0.996. The van der Waals surface area contributed by atoms with Crippen molar-refractivity contribution in [2.45, 2.75) is 19.1 Å². The lowest BCUT2D eigenvalue weighted by Crippen LogP contribution is -2.38. The van der Waals surface area contributed by atoms with Crippen molar-refractivity contribution in [3.05, 3.63) is 28.2 Å². The van der Waals surface area contributed by atoms with Gasteiger partial charge in [0.25, 0.3) is 0 Å². The van der Waals surface area contributed by atoms with Crippen LogP contribution in [0.1, 0.15) is 16.5 Å². The quantitative estimate of drug-likeness (QED) is 0.392. The lowest BCUT2D eigenvalue weighted by molar-refractivity contribution is -0.140. The van der Waals surface area contributed by atoms with E-state index in [9.17, 15) is 13.2 Å². The lowest BCUT2D eigenvalue weighted by atomic mass is 10.4. The molecule has 0 aliphatic rings. The first-order valence-electron chi connectivity index (χ1n) is 6.69. The van der Waals surface area contributed by atoms with Crippen molar-refractivity contribution in [1.29, 1.82) is 0 Å². The van der Waals surface area contributed by atoms with E-state index in [4.69, 9.17) is 0 Å². The van der Waals surface area contributed by atoms with Crippen LogP contribution in [0.3, 0.4) is 0 Å². The molecular formula is C12H17F3IN7S. The van der Waals surface area contributed by atoms with Crippen LogP contribution in [0.25, 0.3) is 0 Å². The highest BCUT2D eigenvalue weighted by Gasteiger charge is 2.33. The number of thiazole rings is 1. The average Bonchev–Trinajstić information content (AvgIpc) is 3.11. The number of hydrogen-bond donors (Lipinski definition) is 2. The second kappa shape index (κ2) is 9.15. The fourth-order valence-electron chi connectivity index (χ4n) is 1.71. The Morgan fingerprint density at radius 1 is 1.38 bits per heavy atom. The predicted octanol–water partition coefficient (Wildman–Crippen LogP) is 1.82. The van der Waals surface area contributed by atoms with Gasteiger partial charge in [0, 0.05) is 32.4 Å². The second-order valence-electron chi connectivity index (χ2n) is 4.53. The van der Waals surface area contributed by atoms with Crippen LogP contribution in [0.5, 0.6) is 0 Å². The standard InChI is InChI=1S/C12H16F3N7S.HI/c1-16-11(18-5-9-19-7-20-22(9)2)17-4-3-10-21-8(6-23-10)12(13,14)15;/h6-7H,3-5H2,1-2H3,(H2,16,17,18);1H. The fourth-order valence-corrected chi connectivity index (χ4v) is 2.51. The molecule has 0 atom stereocenters. The van der Waals surface area contributed by atoms with Crippen LogP contribution in [0.15, 0.2) is 16.7 Å². The van der Waals surface area contributed by atoms with E-state index < -0.39 is 11.9 Å². The minimum atomic E-state index is -4.39. The Balaban J connectivity index is 0.00000288. The van der Waals surface area contributed by atoms with Gasteiger partial charge in [0.1, 0.15) is 12.2 Å². The number of aryl methyl sites for hydroxylation is 1. The van der Waals surface area contributed by atoms with Crippen LogP contribution >= 0.6 is 35.3 Å². The summed E-state index contributed by atoms with van der Waals surface area (Å²) in [6.45, 7) is 0.856. The molecule has 0 bridgehead atoms. The predicted molar refractivity (Wildman–Crippen MR) is 95.4 cm³/mol. The first-order chi connectivity index (χ1) is 10.9. The normalized spacial score (nSPS) is 12.0. The van der Waals surface area contributed by atoms with E-state index >= 15 is 0 Å². The number of aliphatic imine (C=N–C) groups is 1. The monoisotopic (exact) mass is 475 g/mol. The van der Waals surface area contributed by atoms with E-state index in [1.165, 1.54) is 6.33 Å². The van der Waals surface area contributed by atoms with Crippen molar-refractivity contribution in [3.8, 4) is 0 Å². The van der Waals surface area contributed by atoms with Crippen molar-refractivity contribution in [1.82, 2.24) is 30.4 Å². The SMILES string of the molecule is CN=C(NCCc1nc(C(F)(F)F)cs1)NCc1ncnn1C.I. The van der Waals surface area contributed by atoms with Gasteiger partial charge >= 0.3 is 6.18 Å². The molecule has 0 spiro atoms. The van der Waals surface area contributed by atoms with Crippen LogP contribution in [0.4, 0.5) is 13.2 Å². The first-order valence-corrected chi connectivity index (χ1v) is 7.57. The zero-order valence-corrected chi connectivity index (χ0v) is 16.1. The number of aromatic nitrogens is 4. The molecule has 2 N–H and O–H groups in total. The summed E-state index contributed by atoms with van der Waals surface area (Å²) in [5.74, 6) is 1.27. The summed E-state index contributed by atoms with van der Waals surface area (Å²) in [6, 6.07) is 0. The second-order valence-corrected chi connectivity index (χ2v) is 5.47. The molecule has 0 radical (unpaired) electrons. The highest BCUT2D eigenvalue weighted by molar-refractivity contribution is 14.0. The van der Waals surface area contributed by atoms with Gasteiger partial charge in [-0.2, -0.15) is 18.3 Å². The number of hydrogen-bond acceptors (Lipinski definition) is 5. The van der Waals surface area contributed by atoms with Crippen LogP contribution in [-0.4, -0.2) is 39.3 Å². The minimum Gasteiger partial charge on any atom is -0.356 e. The summed E-state index contributed by atoms with van der Waals surface area (Å²) in [7, 11) is 3.39. The molecule has 2 rings (SSSR count). The number of guanidine groups is 1. The molecular weight excluding hydrogens is 458 g/mol. The maximum atomic E-state index is 12.5. The van der Waals surface area contributed by atoms with E-state index in [1.807, 2.05) is 0 Å². The molecule has 12 heteroatoms. The largest absolute Gasteiger partial charge is 0.434 e. The van der Waals surface area contributed by atoms with Gasteiger partial charge < -0.3 is 10.6 Å². The Morgan fingerprint density at radius 2 is 2.12 bits per heavy atom. The third kappa shape index (κ3) is 5.89. The van der Waals surface area contributed by atoms with Crippen molar-refractivity contribution in [2.24, 2.45) is 12.0 Å². The first kappa shape index (κ1) is 20.6. The fraction of sp³-hybridized carbons (Fsp3) is 0.500. The zero-order chi connectivity index (χ0) is 16.9. The topological polar surface area (TPSA) is 80.0 Å². The number of nitrogens with one attached hydrogen (secondary N) is 2. The zero-order valence-electron chi connectivity index (χ0n) is 13.0. The summed E-state index contributed by atoms with van der Waals surface area (Å²) < 4.78 is 39.0. The minimum absolute atomic E-state index is 0. The Kier molecular flexibility index (Phi) is 7.86. The molecule has 0 aliphatic carbocycles. The van der Waals surface area contributed by atoms with Gasteiger partial charge in [-0.25, -0.2) is 9.97 Å². The molecule has 0 aromatic carbocycles. The van der Waals surface area contributed by atoms with Crippen LogP contribution in [0.2, 0.25) is 0 Å². The van der Waals surface area contributed by atoms with E-state index in [1.54, 1.807) is 18.8 Å². The summed E-state index contributed by atoms with van der Waals surface area (Å²) in [5, 5.41) is 11.5. The molecule has 0 amide bonds. The van der Waals surface area contributed by atoms with Gasteiger partial charge in [0.05, 0.1) is 11.6 Å². The molecule has 134 valence electrons. The van der Waals surface area contributed by atoms with Crippen molar-refractivity contribution in [3.63, 3.8) is 0 Å². The van der Waals surface area contributed by atoms with Crippen molar-refractivity contribution in [2.75, 3.05) is 13.6 Å². The van der Waals surface area contributed by atoms with Crippen LogP contribution < -0.4 is 10.6 Å². The maximum absolute atomic E-state index is 12.5. The molecule has 0 fully saturated rings. The van der Waals surface area contributed by atoms with Crippen molar-refractivity contribution >= 4 is 41.3 Å². The number of rotatable bonds is 5. The van der Waals surface area contributed by atoms with Gasteiger partial charge in [-0.05, 0) is 0 Å². The lowest BCUT2D eigenvalue weighted by Gasteiger charge is -2.10. The number of alkyl halides is 3. The molecule has 0 aliphatic heterocycles. The van der Waals surface area contributed by atoms with Gasteiger partial charge in [0.15, 0.2) is 11.7 Å². The Bertz CT molecular complexity index is 668. The highest BCUT2D eigenvalue weighted by Crippen LogP contribution is 2.29. The molecule has 2 aromatic heterocycles. The smallest absolute Gasteiger partial charge is 0.356 e. The molecule has 7 nitrogen and oxygen atoms in total. The molecule has 2 aromatic rings. The Labute approximate surface area is 157 Å². The summed E-state index contributed by atoms with van der Waals surface area (Å²) in [4.78, 5) is 11.7. The molecule has 2 heterocycles.